The highest BCUT2D eigenvalue weighted by Gasteiger charge is 2.10. The number of aromatic nitrogens is 2. The molecule has 4 nitrogen and oxygen atoms in total. The van der Waals surface area contributed by atoms with Crippen molar-refractivity contribution in [2.24, 2.45) is 4.99 Å². The van der Waals surface area contributed by atoms with Crippen LogP contribution in [0, 0.1) is 0 Å². The number of methoxy groups -OCH3 is 1. The fourth-order valence-corrected chi connectivity index (χ4v) is 3.07. The van der Waals surface area contributed by atoms with Crippen molar-refractivity contribution >= 4 is 17.1 Å². The molecule has 0 spiro atoms. The van der Waals surface area contributed by atoms with E-state index in [0.717, 1.165) is 41.3 Å². The van der Waals surface area contributed by atoms with Gasteiger partial charge in [-0.3, -0.25) is 4.99 Å². The molecule has 0 atom stereocenters. The Morgan fingerprint density at radius 1 is 0.923 bits per heavy atom. The summed E-state index contributed by atoms with van der Waals surface area (Å²) in [4.78, 5) is 11.4. The highest BCUT2D eigenvalue weighted by Crippen LogP contribution is 2.28. The summed E-state index contributed by atoms with van der Waals surface area (Å²) in [5, 5.41) is 1.19. The number of aromatic amines is 2. The Balaban J connectivity index is 1.52. The highest BCUT2D eigenvalue weighted by molar-refractivity contribution is 5.88. The average Bonchev–Trinajstić information content (AvgIpc) is 3.29. The van der Waals surface area contributed by atoms with Gasteiger partial charge in [0.15, 0.2) is 0 Å². The fourth-order valence-electron chi connectivity index (χ4n) is 3.07. The van der Waals surface area contributed by atoms with E-state index in [9.17, 15) is 0 Å². The smallest absolute Gasteiger partial charge is 0.146 e. The maximum absolute atomic E-state index is 5.50. The summed E-state index contributed by atoms with van der Waals surface area (Å²) < 4.78 is 5.50. The monoisotopic (exact) mass is 343 g/mol. The Bertz CT molecular complexity index is 995. The number of nitrogens with zero attached hydrogens (tertiary/aromatic N) is 1. The second kappa shape index (κ2) is 7.31. The molecule has 0 aliphatic heterocycles. The first-order valence-corrected chi connectivity index (χ1v) is 8.72. The normalized spacial score (nSPS) is 11.4. The molecule has 0 bridgehead atoms. The quantitative estimate of drug-likeness (QED) is 0.484. The predicted molar refractivity (Wildman–Crippen MR) is 107 cm³/mol. The van der Waals surface area contributed by atoms with Crippen LogP contribution in [0.25, 0.3) is 22.3 Å². The van der Waals surface area contributed by atoms with Crippen LogP contribution in [-0.4, -0.2) is 29.8 Å². The van der Waals surface area contributed by atoms with Crippen molar-refractivity contribution in [2.75, 3.05) is 13.7 Å². The second-order valence-corrected chi connectivity index (χ2v) is 6.21. The summed E-state index contributed by atoms with van der Waals surface area (Å²) in [6.07, 6.45) is 2.78. The molecule has 130 valence electrons. The van der Waals surface area contributed by atoms with Crippen LogP contribution in [0.4, 0.5) is 0 Å². The van der Waals surface area contributed by atoms with Gasteiger partial charge in [0.1, 0.15) is 5.75 Å². The van der Waals surface area contributed by atoms with Crippen LogP contribution in [0.1, 0.15) is 11.3 Å². The van der Waals surface area contributed by atoms with E-state index < -0.39 is 0 Å². The summed E-state index contributed by atoms with van der Waals surface area (Å²) in [5.41, 5.74) is 5.32. The average molecular weight is 343 g/mol. The number of aliphatic imine (C=N–C) groups is 1. The summed E-state index contributed by atoms with van der Waals surface area (Å²) in [6.45, 7) is 0.744. The van der Waals surface area contributed by atoms with Crippen molar-refractivity contribution in [1.29, 1.82) is 0 Å². The first kappa shape index (κ1) is 16.2. The minimum Gasteiger partial charge on any atom is -0.494 e. The van der Waals surface area contributed by atoms with Crippen LogP contribution < -0.4 is 4.74 Å². The van der Waals surface area contributed by atoms with E-state index in [2.05, 4.69) is 57.4 Å². The van der Waals surface area contributed by atoms with E-state index in [1.54, 1.807) is 7.11 Å². The number of benzene rings is 2. The van der Waals surface area contributed by atoms with Gasteiger partial charge in [-0.15, -0.1) is 0 Å². The van der Waals surface area contributed by atoms with Crippen molar-refractivity contribution in [3.05, 3.63) is 78.0 Å². The van der Waals surface area contributed by atoms with Crippen LogP contribution in [-0.2, 0) is 6.42 Å². The van der Waals surface area contributed by atoms with Gasteiger partial charge in [0.2, 0.25) is 0 Å². The maximum atomic E-state index is 5.50. The van der Waals surface area contributed by atoms with Crippen LogP contribution in [0.5, 0.6) is 5.75 Å². The molecule has 2 N–H and O–H groups in total. The molecule has 2 aromatic heterocycles. The van der Waals surface area contributed by atoms with Gasteiger partial charge in [-0.05, 0) is 24.1 Å². The standard InChI is InChI=1S/C22H21N3O/c1-26-22-14-20(19-13-17-9-5-6-10-18(17)24-19)25-21(22)15-23-12-11-16-7-3-2-4-8-16/h2-10,13-15,24-25H,11-12H2,1H3. The molecule has 2 heterocycles. The van der Waals surface area contributed by atoms with E-state index in [1.165, 1.54) is 10.9 Å². The molecule has 0 aliphatic rings. The number of nitrogens with one attached hydrogen (secondary N) is 2. The zero-order valence-corrected chi connectivity index (χ0v) is 14.7. The molecule has 4 aromatic rings. The lowest BCUT2D eigenvalue weighted by Crippen LogP contribution is -1.92. The Morgan fingerprint density at radius 3 is 2.50 bits per heavy atom. The van der Waals surface area contributed by atoms with Crippen molar-refractivity contribution in [1.82, 2.24) is 9.97 Å². The Morgan fingerprint density at radius 2 is 1.69 bits per heavy atom. The van der Waals surface area contributed by atoms with Crippen molar-refractivity contribution in [3.63, 3.8) is 0 Å². The second-order valence-electron chi connectivity index (χ2n) is 6.21. The first-order valence-electron chi connectivity index (χ1n) is 8.72. The first-order chi connectivity index (χ1) is 12.8. The SMILES string of the molecule is COc1cc(-c2cc3ccccc3[nH]2)[nH]c1C=NCCc1ccccc1. The summed E-state index contributed by atoms with van der Waals surface area (Å²) in [5.74, 6) is 0.794. The Labute approximate surface area is 152 Å². The third-order valence-electron chi connectivity index (χ3n) is 4.44. The zero-order chi connectivity index (χ0) is 17.8. The third kappa shape index (κ3) is 3.40. The molecule has 0 saturated carbocycles. The molecule has 0 saturated heterocycles. The topological polar surface area (TPSA) is 53.2 Å². The highest BCUT2D eigenvalue weighted by atomic mass is 16.5. The molecular weight excluding hydrogens is 322 g/mol. The summed E-state index contributed by atoms with van der Waals surface area (Å²) >= 11 is 0. The molecule has 0 unspecified atom stereocenters. The molecular formula is C22H21N3O. The van der Waals surface area contributed by atoms with Crippen LogP contribution in [0.15, 0.2) is 71.7 Å². The van der Waals surface area contributed by atoms with Gasteiger partial charge >= 0.3 is 0 Å². The fraction of sp³-hybridized carbons (Fsp3) is 0.136. The van der Waals surface area contributed by atoms with Gasteiger partial charge in [-0.25, -0.2) is 0 Å². The summed E-state index contributed by atoms with van der Waals surface area (Å²) in [6, 6.07) is 22.8. The number of hydrogen-bond donors (Lipinski definition) is 2. The lowest BCUT2D eigenvalue weighted by molar-refractivity contribution is 0.415. The van der Waals surface area contributed by atoms with E-state index >= 15 is 0 Å². The van der Waals surface area contributed by atoms with Gasteiger partial charge in [0, 0.05) is 29.7 Å². The van der Waals surface area contributed by atoms with E-state index in [-0.39, 0.29) is 0 Å². The minimum absolute atomic E-state index is 0.744. The number of para-hydroxylation sites is 1. The van der Waals surface area contributed by atoms with Gasteiger partial charge in [0.25, 0.3) is 0 Å². The van der Waals surface area contributed by atoms with Crippen LogP contribution in [0.3, 0.4) is 0 Å². The third-order valence-corrected chi connectivity index (χ3v) is 4.44. The molecule has 26 heavy (non-hydrogen) atoms. The van der Waals surface area contributed by atoms with Gasteiger partial charge < -0.3 is 14.7 Å². The number of H-pyrrole nitrogens is 2. The Hall–Kier alpha value is -3.27. The molecule has 2 aromatic carbocycles. The molecule has 0 fully saturated rings. The lowest BCUT2D eigenvalue weighted by Gasteiger charge is -1.98. The lowest BCUT2D eigenvalue weighted by atomic mass is 10.2. The predicted octanol–water partition coefficient (Wildman–Crippen LogP) is 4.83. The molecule has 4 rings (SSSR count). The summed E-state index contributed by atoms with van der Waals surface area (Å²) in [7, 11) is 1.68. The number of ether oxygens (including phenoxy) is 1. The van der Waals surface area contributed by atoms with Crippen molar-refractivity contribution in [2.45, 2.75) is 6.42 Å². The van der Waals surface area contributed by atoms with Gasteiger partial charge in [-0.2, -0.15) is 0 Å². The molecule has 0 aliphatic carbocycles. The number of hydrogen-bond acceptors (Lipinski definition) is 2. The van der Waals surface area contributed by atoms with Gasteiger partial charge in [-0.1, -0.05) is 48.5 Å². The molecule has 0 amide bonds. The largest absolute Gasteiger partial charge is 0.494 e. The molecule has 0 radical (unpaired) electrons. The van der Waals surface area contributed by atoms with Crippen LogP contribution in [0.2, 0.25) is 0 Å². The van der Waals surface area contributed by atoms with E-state index in [4.69, 9.17) is 4.74 Å². The maximum Gasteiger partial charge on any atom is 0.146 e. The van der Waals surface area contributed by atoms with Gasteiger partial charge in [0.05, 0.1) is 24.2 Å². The van der Waals surface area contributed by atoms with E-state index in [0.29, 0.717) is 0 Å². The van der Waals surface area contributed by atoms with E-state index in [1.807, 2.05) is 30.5 Å². The molecule has 4 heteroatoms. The van der Waals surface area contributed by atoms with Crippen molar-refractivity contribution in [3.8, 4) is 17.1 Å². The van der Waals surface area contributed by atoms with Crippen LogP contribution >= 0.6 is 0 Å². The van der Waals surface area contributed by atoms with Crippen molar-refractivity contribution < 1.29 is 4.74 Å². The number of fused-ring (bicyclic) bond motifs is 1. The number of rotatable bonds is 6. The minimum atomic E-state index is 0.744. The Kier molecular flexibility index (Phi) is 4.56. The zero-order valence-electron chi connectivity index (χ0n) is 14.7.